The average Bonchev–Trinajstić information content (AvgIpc) is 3.91. The van der Waals surface area contributed by atoms with Crippen LogP contribution in [0.1, 0.15) is 22.3 Å². The van der Waals surface area contributed by atoms with Crippen LogP contribution < -0.4 is 4.74 Å². The molecule has 2 aromatic heterocycles. The number of rotatable bonds is 3. The molecule has 6 heteroatoms. The van der Waals surface area contributed by atoms with Gasteiger partial charge in [-0.15, -0.1) is 0 Å². The summed E-state index contributed by atoms with van der Waals surface area (Å²) < 4.78 is 8.99. The number of hydrogen-bond acceptors (Lipinski definition) is 5. The van der Waals surface area contributed by atoms with E-state index in [4.69, 9.17) is 19.7 Å². The minimum atomic E-state index is -0.482. The third-order valence-electron chi connectivity index (χ3n) is 12.2. The van der Waals surface area contributed by atoms with Gasteiger partial charge in [-0.25, -0.2) is 4.98 Å². The molecule has 10 aromatic rings. The second kappa shape index (κ2) is 11.9. The van der Waals surface area contributed by atoms with Crippen molar-refractivity contribution in [3.63, 3.8) is 0 Å². The highest BCUT2D eigenvalue weighted by Gasteiger charge is 2.52. The molecule has 0 radical (unpaired) electrons. The number of benzene rings is 8. The second-order valence-electron chi connectivity index (χ2n) is 15.1. The average molecular weight is 759 g/mol. The summed E-state index contributed by atoms with van der Waals surface area (Å²) in [5, 5.41) is 2.18. The maximum atomic E-state index is 6.81. The van der Waals surface area contributed by atoms with Crippen molar-refractivity contribution in [1.82, 2.24) is 19.5 Å². The number of aromatic nitrogens is 4. The van der Waals surface area contributed by atoms with E-state index in [0.717, 1.165) is 59.8 Å². The van der Waals surface area contributed by atoms with Gasteiger partial charge in [-0.05, 0) is 68.8 Å². The van der Waals surface area contributed by atoms with Gasteiger partial charge in [0, 0.05) is 21.9 Å². The summed E-state index contributed by atoms with van der Waals surface area (Å²) in [4.78, 5) is 18.3. The maximum Gasteiger partial charge on any atom is 0.238 e. The third kappa shape index (κ3) is 4.19. The first kappa shape index (κ1) is 31.9. The van der Waals surface area contributed by atoms with Gasteiger partial charge in [-0.3, -0.25) is 4.57 Å². The van der Waals surface area contributed by atoms with E-state index in [9.17, 15) is 0 Å². The molecule has 5 nitrogen and oxygen atoms in total. The van der Waals surface area contributed by atoms with Crippen LogP contribution in [0.3, 0.4) is 0 Å². The SMILES string of the molecule is c1ccc(-c2nc(-c3cccc4c3-c3ccccc3C43c4ccccc4-c4ccccc43)nc(-n3c4ccccc4c4ccc5c(c43)Oc3ccccc3S5)n2)cc1. The molecular formula is C52H30N4OS. The Labute approximate surface area is 338 Å². The van der Waals surface area contributed by atoms with E-state index in [1.165, 1.54) is 38.9 Å². The highest BCUT2D eigenvalue weighted by atomic mass is 32.2. The van der Waals surface area contributed by atoms with Crippen molar-refractivity contribution in [2.24, 2.45) is 0 Å². The van der Waals surface area contributed by atoms with Crippen LogP contribution in [0.15, 0.2) is 192 Å². The summed E-state index contributed by atoms with van der Waals surface area (Å²) in [6, 6.07) is 64.7. The molecule has 1 aliphatic heterocycles. The second-order valence-corrected chi connectivity index (χ2v) is 16.1. The molecule has 58 heavy (non-hydrogen) atoms. The fourth-order valence-corrected chi connectivity index (χ4v) is 10.8. The van der Waals surface area contributed by atoms with Gasteiger partial charge in [0.2, 0.25) is 5.95 Å². The Kier molecular flexibility index (Phi) is 6.52. The first-order chi connectivity index (χ1) is 28.8. The van der Waals surface area contributed by atoms with Gasteiger partial charge >= 0.3 is 0 Å². The Hall–Kier alpha value is -7.28. The van der Waals surface area contributed by atoms with Gasteiger partial charge in [-0.1, -0.05) is 169 Å². The third-order valence-corrected chi connectivity index (χ3v) is 13.3. The standard InChI is InChI=1S/C52H30N4OS/c1-2-15-31(16-3-1)49-53-50(55-51(54-49)56-42-26-11-7-19-34(42)35-29-30-45-48(47(35)56)57-43-27-12-13-28-44(43)58-45)37-21-14-25-41-46(37)36-20-6-10-24-40(36)52(41)38-22-8-4-17-32(38)33-18-5-9-23-39(33)52/h1-30H. The van der Waals surface area contributed by atoms with Crippen LogP contribution >= 0.6 is 11.8 Å². The fraction of sp³-hybridized carbons (Fsp3) is 0.0192. The van der Waals surface area contributed by atoms with Crippen molar-refractivity contribution in [3.8, 4) is 62.5 Å². The summed E-state index contributed by atoms with van der Waals surface area (Å²) in [5.74, 6) is 3.39. The summed E-state index contributed by atoms with van der Waals surface area (Å²) in [5.41, 5.74) is 13.3. The molecular weight excluding hydrogens is 729 g/mol. The lowest BCUT2D eigenvalue weighted by molar-refractivity contribution is 0.458. The predicted octanol–water partition coefficient (Wildman–Crippen LogP) is 12.9. The molecule has 3 aliphatic rings. The lowest BCUT2D eigenvalue weighted by atomic mass is 9.70. The van der Waals surface area contributed by atoms with E-state index in [0.29, 0.717) is 17.6 Å². The number of ether oxygens (including phenoxy) is 1. The summed E-state index contributed by atoms with van der Waals surface area (Å²) in [7, 11) is 0. The van der Waals surface area contributed by atoms with Crippen LogP contribution in [0.4, 0.5) is 0 Å². The molecule has 13 rings (SSSR count). The number of para-hydroxylation sites is 2. The zero-order valence-corrected chi connectivity index (χ0v) is 31.7. The molecule has 0 bridgehead atoms. The largest absolute Gasteiger partial charge is 0.453 e. The Morgan fingerprint density at radius 1 is 0.448 bits per heavy atom. The topological polar surface area (TPSA) is 52.8 Å². The molecule has 8 aromatic carbocycles. The van der Waals surface area contributed by atoms with Crippen molar-refractivity contribution in [1.29, 1.82) is 0 Å². The Balaban J connectivity index is 1.11. The Morgan fingerprint density at radius 2 is 1.07 bits per heavy atom. The highest BCUT2D eigenvalue weighted by Crippen LogP contribution is 2.64. The molecule has 270 valence electrons. The van der Waals surface area contributed by atoms with E-state index < -0.39 is 5.41 Å². The van der Waals surface area contributed by atoms with Crippen molar-refractivity contribution in [2.45, 2.75) is 15.2 Å². The van der Waals surface area contributed by atoms with Crippen LogP contribution in [0.2, 0.25) is 0 Å². The predicted molar refractivity (Wildman–Crippen MR) is 232 cm³/mol. The molecule has 0 atom stereocenters. The van der Waals surface area contributed by atoms with Gasteiger partial charge < -0.3 is 4.74 Å². The molecule has 1 spiro atoms. The van der Waals surface area contributed by atoms with E-state index in [-0.39, 0.29) is 0 Å². The number of fused-ring (bicyclic) bond motifs is 16. The minimum Gasteiger partial charge on any atom is -0.453 e. The van der Waals surface area contributed by atoms with Crippen LogP contribution in [0.5, 0.6) is 11.5 Å². The first-order valence-corrected chi connectivity index (χ1v) is 20.3. The Morgan fingerprint density at radius 3 is 1.88 bits per heavy atom. The normalized spacial score (nSPS) is 13.7. The van der Waals surface area contributed by atoms with Gasteiger partial charge in [0.15, 0.2) is 17.4 Å². The van der Waals surface area contributed by atoms with Crippen molar-refractivity contribution < 1.29 is 4.74 Å². The molecule has 0 amide bonds. The highest BCUT2D eigenvalue weighted by molar-refractivity contribution is 7.99. The summed E-state index contributed by atoms with van der Waals surface area (Å²) in [6.45, 7) is 0. The van der Waals surface area contributed by atoms with Crippen LogP contribution in [0.25, 0.3) is 72.8 Å². The number of nitrogens with zero attached hydrogens (tertiary/aromatic N) is 4. The Bertz CT molecular complexity index is 3320. The van der Waals surface area contributed by atoms with Crippen molar-refractivity contribution in [2.75, 3.05) is 0 Å². The molecule has 0 fully saturated rings. The summed E-state index contributed by atoms with van der Waals surface area (Å²) >= 11 is 1.73. The maximum absolute atomic E-state index is 6.81. The quantitative estimate of drug-likeness (QED) is 0.180. The summed E-state index contributed by atoms with van der Waals surface area (Å²) in [6.07, 6.45) is 0. The van der Waals surface area contributed by atoms with E-state index in [1.807, 2.05) is 30.3 Å². The lowest BCUT2D eigenvalue weighted by Crippen LogP contribution is -2.25. The van der Waals surface area contributed by atoms with E-state index >= 15 is 0 Å². The molecule has 0 unspecified atom stereocenters. The van der Waals surface area contributed by atoms with Crippen molar-refractivity contribution >= 4 is 33.6 Å². The molecule has 3 heterocycles. The molecule has 2 aliphatic carbocycles. The molecule has 0 saturated heterocycles. The van der Waals surface area contributed by atoms with Gasteiger partial charge in [0.05, 0.1) is 20.7 Å². The minimum absolute atomic E-state index is 0.482. The smallest absolute Gasteiger partial charge is 0.238 e. The molecule has 0 saturated carbocycles. The van der Waals surface area contributed by atoms with Gasteiger partial charge in [-0.2, -0.15) is 9.97 Å². The van der Waals surface area contributed by atoms with Crippen LogP contribution in [0, 0.1) is 0 Å². The molecule has 0 N–H and O–H groups in total. The zero-order valence-electron chi connectivity index (χ0n) is 30.9. The van der Waals surface area contributed by atoms with Crippen LogP contribution in [-0.4, -0.2) is 19.5 Å². The van der Waals surface area contributed by atoms with Gasteiger partial charge in [0.25, 0.3) is 0 Å². The lowest BCUT2D eigenvalue weighted by Gasteiger charge is -2.30. The van der Waals surface area contributed by atoms with E-state index in [1.54, 1.807) is 11.8 Å². The van der Waals surface area contributed by atoms with Crippen LogP contribution in [-0.2, 0) is 5.41 Å². The van der Waals surface area contributed by atoms with E-state index in [2.05, 4.69) is 156 Å². The number of hydrogen-bond donors (Lipinski definition) is 0. The fourth-order valence-electron chi connectivity index (χ4n) is 9.87. The van der Waals surface area contributed by atoms with Gasteiger partial charge in [0.1, 0.15) is 11.3 Å². The monoisotopic (exact) mass is 758 g/mol. The van der Waals surface area contributed by atoms with Crippen molar-refractivity contribution in [3.05, 3.63) is 204 Å². The first-order valence-electron chi connectivity index (χ1n) is 19.5. The zero-order chi connectivity index (χ0) is 38.0.